The number of nitrogens with zero attached hydrogens (tertiary/aromatic N) is 5. The Morgan fingerprint density at radius 3 is 2.68 bits per heavy atom. The van der Waals surface area contributed by atoms with E-state index in [1.165, 1.54) is 11.3 Å². The molecule has 0 aliphatic rings. The van der Waals surface area contributed by atoms with E-state index in [9.17, 15) is 4.79 Å². The molecule has 9 heteroatoms. The molecule has 0 aliphatic carbocycles. The zero-order chi connectivity index (χ0) is 21.8. The van der Waals surface area contributed by atoms with E-state index in [0.29, 0.717) is 34.2 Å². The van der Waals surface area contributed by atoms with E-state index in [1.807, 2.05) is 42.6 Å². The molecule has 0 bridgehead atoms. The molecular weight excluding hydrogens is 434 g/mol. The number of carbonyl (C=O) groups excluding carboxylic acids is 1. The summed E-state index contributed by atoms with van der Waals surface area (Å²) in [5.41, 5.74) is 2.76. The number of ether oxygens (including phenoxy) is 1. The fraction of sp³-hybridized carbons (Fsp3) is 0.136. The van der Waals surface area contributed by atoms with Gasteiger partial charge in [-0.15, -0.1) is 16.4 Å². The van der Waals surface area contributed by atoms with Crippen molar-refractivity contribution in [2.45, 2.75) is 20.0 Å². The predicted octanol–water partition coefficient (Wildman–Crippen LogP) is 4.84. The van der Waals surface area contributed by atoms with Crippen LogP contribution in [-0.2, 0) is 17.8 Å². The molecule has 4 aromatic rings. The number of halogens is 1. The minimum Gasteiger partial charge on any atom is -0.453 e. The van der Waals surface area contributed by atoms with Crippen molar-refractivity contribution >= 4 is 28.9 Å². The fourth-order valence-corrected chi connectivity index (χ4v) is 3.90. The molecule has 0 aliphatic heterocycles. The van der Waals surface area contributed by atoms with E-state index in [-0.39, 0.29) is 12.4 Å². The van der Waals surface area contributed by atoms with Gasteiger partial charge < -0.3 is 4.74 Å². The molecule has 0 fully saturated rings. The molecule has 2 aromatic carbocycles. The Bertz CT molecular complexity index is 1270. The van der Waals surface area contributed by atoms with Crippen LogP contribution in [0, 0.1) is 11.3 Å². The van der Waals surface area contributed by atoms with Gasteiger partial charge in [0.05, 0.1) is 28.0 Å². The third-order valence-corrected chi connectivity index (χ3v) is 5.68. The summed E-state index contributed by atoms with van der Waals surface area (Å²) in [6.07, 6.45) is 0.575. The fourth-order valence-electron chi connectivity index (χ4n) is 2.87. The van der Waals surface area contributed by atoms with Gasteiger partial charge in [-0.2, -0.15) is 5.26 Å². The number of rotatable bonds is 6. The molecule has 31 heavy (non-hydrogen) atoms. The van der Waals surface area contributed by atoms with Crippen LogP contribution >= 0.6 is 22.9 Å². The predicted molar refractivity (Wildman–Crippen MR) is 117 cm³/mol. The maximum absolute atomic E-state index is 12.5. The molecule has 2 heterocycles. The van der Waals surface area contributed by atoms with Gasteiger partial charge in [0.15, 0.2) is 0 Å². The highest BCUT2D eigenvalue weighted by Crippen LogP contribution is 2.25. The lowest BCUT2D eigenvalue weighted by Gasteiger charge is -2.05. The van der Waals surface area contributed by atoms with Crippen LogP contribution in [0.5, 0.6) is 0 Å². The van der Waals surface area contributed by atoms with Crippen molar-refractivity contribution in [2.75, 3.05) is 0 Å². The van der Waals surface area contributed by atoms with Gasteiger partial charge in [-0.3, -0.25) is 0 Å². The first-order chi connectivity index (χ1) is 15.1. The van der Waals surface area contributed by atoms with Gasteiger partial charge >= 0.3 is 5.97 Å². The van der Waals surface area contributed by atoms with Crippen molar-refractivity contribution in [3.05, 3.63) is 81.8 Å². The van der Waals surface area contributed by atoms with Crippen LogP contribution in [0.2, 0.25) is 5.02 Å². The molecule has 0 unspecified atom stereocenters. The lowest BCUT2D eigenvalue weighted by atomic mass is 10.1. The average molecular weight is 450 g/mol. The minimum absolute atomic E-state index is 0.00764. The van der Waals surface area contributed by atoms with Gasteiger partial charge in [0.2, 0.25) is 0 Å². The second-order valence-corrected chi connectivity index (χ2v) is 7.74. The Hall–Kier alpha value is -3.54. The lowest BCUT2D eigenvalue weighted by Crippen LogP contribution is -2.08. The highest BCUT2D eigenvalue weighted by atomic mass is 35.5. The summed E-state index contributed by atoms with van der Waals surface area (Å²) in [6.45, 7) is 1.93. The number of hydrogen-bond donors (Lipinski definition) is 0. The first-order valence-corrected chi connectivity index (χ1v) is 10.7. The van der Waals surface area contributed by atoms with E-state index in [0.717, 1.165) is 10.6 Å². The molecule has 2 aromatic heterocycles. The number of hydrogen-bond acceptors (Lipinski definition) is 7. The number of aryl methyl sites for hydroxylation is 1. The number of benzene rings is 2. The zero-order valence-electron chi connectivity index (χ0n) is 16.4. The third-order valence-electron chi connectivity index (χ3n) is 4.42. The first-order valence-electron chi connectivity index (χ1n) is 9.42. The van der Waals surface area contributed by atoms with Gasteiger partial charge in [-0.1, -0.05) is 42.8 Å². The van der Waals surface area contributed by atoms with Crippen LogP contribution in [0.1, 0.15) is 34.6 Å². The monoisotopic (exact) mass is 449 g/mol. The summed E-state index contributed by atoms with van der Waals surface area (Å²) in [5.74, 6) is -0.0513. The summed E-state index contributed by atoms with van der Waals surface area (Å²) in [5, 5.41) is 16.3. The van der Waals surface area contributed by atoms with Gasteiger partial charge in [-0.05, 0) is 24.3 Å². The van der Waals surface area contributed by atoms with Crippen molar-refractivity contribution in [3.8, 4) is 22.3 Å². The Labute approximate surface area is 187 Å². The number of thiazole rings is 1. The molecule has 0 saturated carbocycles. The largest absolute Gasteiger partial charge is 0.453 e. The topological polar surface area (TPSA) is 93.7 Å². The highest BCUT2D eigenvalue weighted by molar-refractivity contribution is 7.13. The van der Waals surface area contributed by atoms with Crippen molar-refractivity contribution < 1.29 is 9.53 Å². The summed E-state index contributed by atoms with van der Waals surface area (Å²) >= 11 is 7.70. The number of nitriles is 1. The van der Waals surface area contributed by atoms with E-state index in [4.69, 9.17) is 21.6 Å². The van der Waals surface area contributed by atoms with Gasteiger partial charge in [-0.25, -0.2) is 19.4 Å². The number of aromatic nitrogens is 4. The van der Waals surface area contributed by atoms with Crippen molar-refractivity contribution in [3.63, 3.8) is 0 Å². The Balaban J connectivity index is 1.46. The SMILES string of the molecule is CCc1nc(C(=O)OCc2csc(-c3ccc(C#N)cc3)n2)nn1-c1ccccc1Cl. The molecular formula is C22H16ClN5O2S. The second kappa shape index (κ2) is 9.08. The molecule has 0 saturated heterocycles. The summed E-state index contributed by atoms with van der Waals surface area (Å²) in [7, 11) is 0. The average Bonchev–Trinajstić information content (AvgIpc) is 3.45. The lowest BCUT2D eigenvalue weighted by molar-refractivity contribution is 0.0454. The normalized spacial score (nSPS) is 10.6. The standard InChI is InChI=1S/C22H16ClN5O2S/c1-2-19-26-20(27-28(19)18-6-4-3-5-17(18)23)22(29)30-12-16-13-31-21(25-16)15-9-7-14(11-24)8-10-15/h3-10,13H,2,12H2,1H3. The smallest absolute Gasteiger partial charge is 0.378 e. The summed E-state index contributed by atoms with van der Waals surface area (Å²) in [6, 6.07) is 16.5. The maximum atomic E-state index is 12.5. The molecule has 0 amide bonds. The van der Waals surface area contributed by atoms with Crippen molar-refractivity contribution in [2.24, 2.45) is 0 Å². The van der Waals surface area contributed by atoms with E-state index in [1.54, 1.807) is 22.9 Å². The molecule has 0 N–H and O–H groups in total. The van der Waals surface area contributed by atoms with Crippen LogP contribution in [-0.4, -0.2) is 25.7 Å². The van der Waals surface area contributed by atoms with E-state index >= 15 is 0 Å². The third kappa shape index (κ3) is 4.48. The highest BCUT2D eigenvalue weighted by Gasteiger charge is 2.19. The van der Waals surface area contributed by atoms with Crippen LogP contribution in [0.25, 0.3) is 16.3 Å². The minimum atomic E-state index is -0.631. The zero-order valence-corrected chi connectivity index (χ0v) is 18.0. The Morgan fingerprint density at radius 2 is 1.97 bits per heavy atom. The summed E-state index contributed by atoms with van der Waals surface area (Å²) < 4.78 is 6.93. The van der Waals surface area contributed by atoms with Crippen molar-refractivity contribution in [1.82, 2.24) is 19.7 Å². The number of esters is 1. The maximum Gasteiger partial charge on any atom is 0.378 e. The number of para-hydroxylation sites is 1. The van der Waals surface area contributed by atoms with Crippen LogP contribution < -0.4 is 0 Å². The quantitative estimate of drug-likeness (QED) is 0.391. The molecule has 154 valence electrons. The van der Waals surface area contributed by atoms with Crippen LogP contribution in [0.3, 0.4) is 0 Å². The van der Waals surface area contributed by atoms with Crippen LogP contribution in [0.4, 0.5) is 0 Å². The van der Waals surface area contributed by atoms with E-state index in [2.05, 4.69) is 21.1 Å². The van der Waals surface area contributed by atoms with Gasteiger partial charge in [0.25, 0.3) is 5.82 Å². The summed E-state index contributed by atoms with van der Waals surface area (Å²) in [4.78, 5) is 21.3. The molecule has 0 radical (unpaired) electrons. The molecule has 4 rings (SSSR count). The van der Waals surface area contributed by atoms with Gasteiger partial charge in [0.1, 0.15) is 17.4 Å². The molecule has 0 spiro atoms. The Morgan fingerprint density at radius 1 is 1.19 bits per heavy atom. The van der Waals surface area contributed by atoms with Gasteiger partial charge in [0, 0.05) is 17.4 Å². The van der Waals surface area contributed by atoms with Crippen molar-refractivity contribution in [1.29, 1.82) is 5.26 Å². The molecule has 0 atom stereocenters. The second-order valence-electron chi connectivity index (χ2n) is 6.48. The van der Waals surface area contributed by atoms with E-state index < -0.39 is 5.97 Å². The Kier molecular flexibility index (Phi) is 6.07. The molecule has 7 nitrogen and oxygen atoms in total. The number of carbonyl (C=O) groups is 1. The van der Waals surface area contributed by atoms with Crippen LogP contribution in [0.15, 0.2) is 53.9 Å². The first kappa shape index (κ1) is 20.7.